The molecule has 2 aromatic carbocycles. The number of nitrogens with one attached hydrogen (secondary N) is 1. The smallest absolute Gasteiger partial charge is 0.352 e. The number of alkyl halides is 3. The molecule has 0 aliphatic heterocycles. The van der Waals surface area contributed by atoms with Gasteiger partial charge in [0.25, 0.3) is 0 Å². The molecule has 0 aliphatic carbocycles. The maximum Gasteiger partial charge on any atom is 0.416 e. The van der Waals surface area contributed by atoms with Crippen molar-refractivity contribution < 1.29 is 22.4 Å². The van der Waals surface area contributed by atoms with Gasteiger partial charge in [0, 0.05) is 17.5 Å². The Morgan fingerprint density at radius 1 is 1.11 bits per heavy atom. The number of nitrogens with zero attached hydrogens (tertiary/aromatic N) is 1. The van der Waals surface area contributed by atoms with Crippen molar-refractivity contribution >= 4 is 17.2 Å². The van der Waals surface area contributed by atoms with Gasteiger partial charge in [0.1, 0.15) is 10.8 Å². The number of amides is 1. The summed E-state index contributed by atoms with van der Waals surface area (Å²) < 4.78 is 51.4. The highest BCUT2D eigenvalue weighted by molar-refractivity contribution is 7.13. The molecule has 0 spiro atoms. The Bertz CT molecular complexity index is 953. The Labute approximate surface area is 156 Å². The van der Waals surface area contributed by atoms with Crippen molar-refractivity contribution in [3.63, 3.8) is 0 Å². The number of halogens is 4. The van der Waals surface area contributed by atoms with E-state index in [-0.39, 0.29) is 24.7 Å². The Balaban J connectivity index is 1.59. The lowest BCUT2D eigenvalue weighted by atomic mass is 10.1. The molecule has 1 aromatic heterocycles. The summed E-state index contributed by atoms with van der Waals surface area (Å²) in [4.78, 5) is 16.3. The van der Waals surface area contributed by atoms with Gasteiger partial charge in [-0.2, -0.15) is 13.2 Å². The molecule has 3 rings (SSSR count). The van der Waals surface area contributed by atoms with Crippen LogP contribution in [-0.2, 0) is 23.9 Å². The minimum Gasteiger partial charge on any atom is -0.352 e. The van der Waals surface area contributed by atoms with Crippen molar-refractivity contribution in [1.29, 1.82) is 0 Å². The van der Waals surface area contributed by atoms with Crippen LogP contribution in [0.25, 0.3) is 10.6 Å². The fraction of sp³-hybridized carbons (Fsp3) is 0.158. The minimum absolute atomic E-state index is 0.00915. The summed E-state index contributed by atoms with van der Waals surface area (Å²) in [6.07, 6.45) is -4.43. The summed E-state index contributed by atoms with van der Waals surface area (Å²) in [5.41, 5.74) is 0.738. The van der Waals surface area contributed by atoms with Crippen LogP contribution in [0.2, 0.25) is 0 Å². The number of carbonyl (C=O) groups excluding carboxylic acids is 1. The largest absolute Gasteiger partial charge is 0.416 e. The fourth-order valence-corrected chi connectivity index (χ4v) is 3.24. The van der Waals surface area contributed by atoms with Gasteiger partial charge in [-0.25, -0.2) is 9.37 Å². The number of hydrogen-bond donors (Lipinski definition) is 1. The molecular formula is C19H14F4N2OS. The van der Waals surface area contributed by atoms with Crippen molar-refractivity contribution in [2.24, 2.45) is 0 Å². The lowest BCUT2D eigenvalue weighted by Crippen LogP contribution is -2.24. The molecule has 1 N–H and O–H groups in total. The molecule has 0 saturated heterocycles. The van der Waals surface area contributed by atoms with Crippen LogP contribution in [0.5, 0.6) is 0 Å². The van der Waals surface area contributed by atoms with E-state index in [1.54, 1.807) is 17.5 Å². The van der Waals surface area contributed by atoms with Crippen LogP contribution in [0.1, 0.15) is 16.8 Å². The maximum absolute atomic E-state index is 13.3. The molecule has 1 heterocycles. The first-order chi connectivity index (χ1) is 12.8. The molecule has 140 valence electrons. The number of hydrogen-bond acceptors (Lipinski definition) is 3. The average Bonchev–Trinajstić information content (AvgIpc) is 3.08. The van der Waals surface area contributed by atoms with E-state index < -0.39 is 11.7 Å². The number of benzene rings is 2. The van der Waals surface area contributed by atoms with Crippen molar-refractivity contribution in [2.75, 3.05) is 0 Å². The topological polar surface area (TPSA) is 42.0 Å². The van der Waals surface area contributed by atoms with Crippen LogP contribution in [0, 0.1) is 5.82 Å². The van der Waals surface area contributed by atoms with E-state index >= 15 is 0 Å². The highest BCUT2D eigenvalue weighted by Gasteiger charge is 2.30. The third kappa shape index (κ3) is 5.13. The molecule has 1 amide bonds. The SMILES string of the molecule is O=C(Cc1csc(-c2cccc(F)c2)n1)NCc1cccc(C(F)(F)F)c1. The second-order valence-electron chi connectivity index (χ2n) is 5.81. The van der Waals surface area contributed by atoms with Gasteiger partial charge in [-0.05, 0) is 29.8 Å². The Kier molecular flexibility index (Phi) is 5.55. The number of thiazole rings is 1. The molecule has 0 saturated carbocycles. The van der Waals surface area contributed by atoms with Crippen LogP contribution in [0.4, 0.5) is 17.6 Å². The van der Waals surface area contributed by atoms with E-state index in [0.717, 1.165) is 12.1 Å². The van der Waals surface area contributed by atoms with E-state index in [4.69, 9.17) is 0 Å². The first-order valence-electron chi connectivity index (χ1n) is 7.94. The first kappa shape index (κ1) is 19.0. The second kappa shape index (κ2) is 7.87. The molecule has 0 unspecified atom stereocenters. The van der Waals surface area contributed by atoms with Gasteiger partial charge in [0.2, 0.25) is 5.91 Å². The molecule has 0 atom stereocenters. The van der Waals surface area contributed by atoms with Gasteiger partial charge in [-0.15, -0.1) is 11.3 Å². The third-order valence-corrected chi connectivity index (χ3v) is 4.65. The normalized spacial score (nSPS) is 11.4. The van der Waals surface area contributed by atoms with Gasteiger partial charge in [0.05, 0.1) is 17.7 Å². The van der Waals surface area contributed by atoms with E-state index in [1.165, 1.54) is 35.6 Å². The molecule has 3 aromatic rings. The zero-order valence-corrected chi connectivity index (χ0v) is 14.7. The summed E-state index contributed by atoms with van der Waals surface area (Å²) in [5.74, 6) is -0.730. The molecule has 3 nitrogen and oxygen atoms in total. The minimum atomic E-state index is -4.42. The van der Waals surface area contributed by atoms with Gasteiger partial charge >= 0.3 is 6.18 Å². The Morgan fingerprint density at radius 3 is 2.63 bits per heavy atom. The lowest BCUT2D eigenvalue weighted by molar-refractivity contribution is -0.137. The standard InChI is InChI=1S/C19H14F4N2OS/c20-15-6-2-4-13(8-15)18-25-16(11-27-18)9-17(26)24-10-12-3-1-5-14(7-12)19(21,22)23/h1-8,11H,9-10H2,(H,24,26). The number of rotatable bonds is 5. The van der Waals surface area contributed by atoms with Crippen LogP contribution in [-0.4, -0.2) is 10.9 Å². The zero-order chi connectivity index (χ0) is 19.4. The molecule has 0 bridgehead atoms. The molecule has 0 fully saturated rings. The summed E-state index contributed by atoms with van der Waals surface area (Å²) >= 11 is 1.29. The highest BCUT2D eigenvalue weighted by Crippen LogP contribution is 2.29. The van der Waals surface area contributed by atoms with Crippen LogP contribution < -0.4 is 5.32 Å². The predicted octanol–water partition coefficient (Wildman–Crippen LogP) is 4.83. The molecular weight excluding hydrogens is 380 g/mol. The average molecular weight is 394 g/mol. The molecule has 0 aliphatic rings. The fourth-order valence-electron chi connectivity index (χ4n) is 2.43. The summed E-state index contributed by atoms with van der Waals surface area (Å²) in [6.45, 7) is -0.0103. The Morgan fingerprint density at radius 2 is 1.89 bits per heavy atom. The molecule has 0 radical (unpaired) electrons. The van der Waals surface area contributed by atoms with Crippen molar-refractivity contribution in [3.05, 3.63) is 76.5 Å². The van der Waals surface area contributed by atoms with Gasteiger partial charge < -0.3 is 5.32 Å². The highest BCUT2D eigenvalue weighted by atomic mass is 32.1. The van der Waals surface area contributed by atoms with Gasteiger partial charge in [-0.3, -0.25) is 4.79 Å². The summed E-state index contributed by atoms with van der Waals surface area (Å²) in [5, 5.41) is 4.87. The second-order valence-corrected chi connectivity index (χ2v) is 6.66. The maximum atomic E-state index is 13.3. The van der Waals surface area contributed by atoms with Crippen molar-refractivity contribution in [1.82, 2.24) is 10.3 Å². The van der Waals surface area contributed by atoms with Crippen LogP contribution in [0.15, 0.2) is 53.9 Å². The summed E-state index contributed by atoms with van der Waals surface area (Å²) in [7, 11) is 0. The monoisotopic (exact) mass is 394 g/mol. The molecule has 27 heavy (non-hydrogen) atoms. The quantitative estimate of drug-likeness (QED) is 0.630. The predicted molar refractivity (Wildman–Crippen MR) is 94.5 cm³/mol. The van der Waals surface area contributed by atoms with E-state index in [2.05, 4.69) is 10.3 Å². The van der Waals surface area contributed by atoms with Gasteiger partial charge in [-0.1, -0.05) is 24.3 Å². The van der Waals surface area contributed by atoms with E-state index in [0.29, 0.717) is 21.8 Å². The van der Waals surface area contributed by atoms with Crippen LogP contribution in [0.3, 0.4) is 0 Å². The van der Waals surface area contributed by atoms with Crippen molar-refractivity contribution in [2.45, 2.75) is 19.1 Å². The first-order valence-corrected chi connectivity index (χ1v) is 8.82. The van der Waals surface area contributed by atoms with Crippen molar-refractivity contribution in [3.8, 4) is 10.6 Å². The number of aromatic nitrogens is 1. The zero-order valence-electron chi connectivity index (χ0n) is 13.9. The van der Waals surface area contributed by atoms with E-state index in [1.807, 2.05) is 0 Å². The summed E-state index contributed by atoms with van der Waals surface area (Å²) in [6, 6.07) is 10.8. The third-order valence-electron chi connectivity index (χ3n) is 3.71. The lowest BCUT2D eigenvalue weighted by Gasteiger charge is -2.09. The molecule has 8 heteroatoms. The van der Waals surface area contributed by atoms with Gasteiger partial charge in [0.15, 0.2) is 0 Å². The Hall–Kier alpha value is -2.74. The van der Waals surface area contributed by atoms with E-state index in [9.17, 15) is 22.4 Å². The van der Waals surface area contributed by atoms with Crippen LogP contribution >= 0.6 is 11.3 Å². The number of carbonyl (C=O) groups is 1.